The molecule has 0 heterocycles. The van der Waals surface area contributed by atoms with Gasteiger partial charge in [0.25, 0.3) is 0 Å². The third kappa shape index (κ3) is 7.56. The summed E-state index contributed by atoms with van der Waals surface area (Å²) >= 11 is 9.81. The molecule has 1 aliphatic carbocycles. The zero-order valence-corrected chi connectivity index (χ0v) is 24.3. The van der Waals surface area contributed by atoms with Gasteiger partial charge < -0.3 is 0 Å². The van der Waals surface area contributed by atoms with Crippen molar-refractivity contribution in [1.29, 1.82) is 0 Å². The van der Waals surface area contributed by atoms with E-state index in [0.717, 1.165) is 6.42 Å². The molecule has 158 valence electrons. The van der Waals surface area contributed by atoms with Crippen molar-refractivity contribution in [3.63, 3.8) is 0 Å². The largest absolute Gasteiger partial charge is 2.00 e. The monoisotopic (exact) mass is 532 g/mol. The Hall–Kier alpha value is -0.530. The van der Waals surface area contributed by atoms with Gasteiger partial charge in [0.15, 0.2) is 0 Å². The Kier molecular flexibility index (Phi) is 10.9. The Balaban J connectivity index is 0.000000424. The van der Waals surface area contributed by atoms with Gasteiger partial charge in [0.2, 0.25) is 8.14 Å². The topological polar surface area (TPSA) is 0 Å². The maximum Gasteiger partial charge on any atom is 2.00 e. The molecule has 0 N–H and O–H groups in total. The molecule has 0 radical (unpaired) electrons. The van der Waals surface area contributed by atoms with Gasteiger partial charge in [0, 0.05) is 0 Å². The maximum absolute atomic E-state index is 4.90. The minimum absolute atomic E-state index is 0. The number of benzene rings is 2. The minimum atomic E-state index is -0.639. The van der Waals surface area contributed by atoms with E-state index >= 15 is 0 Å². The number of rotatable bonds is 0. The van der Waals surface area contributed by atoms with Gasteiger partial charge in [-0.1, -0.05) is 76.3 Å². The third-order valence-electron chi connectivity index (χ3n) is 5.08. The first-order valence-corrected chi connectivity index (χ1v) is 14.3. The molecule has 0 aromatic heterocycles. The second kappa shape index (κ2) is 11.9. The molecular formula is C26H32Cl2SiZr. The van der Waals surface area contributed by atoms with Gasteiger partial charge >= 0.3 is 26.2 Å². The molecule has 4 heteroatoms. The normalized spacial score (nSPS) is 11.7. The van der Waals surface area contributed by atoms with Crippen LogP contribution < -0.4 is 0 Å². The van der Waals surface area contributed by atoms with Crippen LogP contribution in [-0.4, -0.2) is 8.14 Å². The average Bonchev–Trinajstić information content (AvgIpc) is 3.31. The van der Waals surface area contributed by atoms with Crippen molar-refractivity contribution in [3.8, 4) is 11.1 Å². The van der Waals surface area contributed by atoms with Gasteiger partial charge in [0.1, 0.15) is 0 Å². The van der Waals surface area contributed by atoms with Crippen molar-refractivity contribution < 1.29 is 26.2 Å². The summed E-state index contributed by atoms with van der Waals surface area (Å²) in [5.74, 6) is 0. The third-order valence-corrected chi connectivity index (χ3v) is 5.08. The molecule has 0 atom stereocenters. The van der Waals surface area contributed by atoms with Crippen LogP contribution >= 0.6 is 22.2 Å². The second-order valence-corrected chi connectivity index (χ2v) is 12.0. The summed E-state index contributed by atoms with van der Waals surface area (Å²) in [6.45, 7) is 13.6. The summed E-state index contributed by atoms with van der Waals surface area (Å²) in [5.41, 5.74) is 8.76. The van der Waals surface area contributed by atoms with Gasteiger partial charge in [-0.25, -0.2) is 12.1 Å². The van der Waals surface area contributed by atoms with E-state index in [1.54, 1.807) is 0 Å². The Morgan fingerprint density at radius 3 is 1.87 bits per heavy atom. The van der Waals surface area contributed by atoms with Crippen molar-refractivity contribution in [2.24, 2.45) is 0 Å². The van der Waals surface area contributed by atoms with Crippen LogP contribution in [0.2, 0.25) is 0 Å². The Bertz CT molecular complexity index is 825. The van der Waals surface area contributed by atoms with E-state index in [4.69, 9.17) is 22.2 Å². The maximum atomic E-state index is 4.90. The van der Waals surface area contributed by atoms with Gasteiger partial charge in [-0.2, -0.15) is 69.7 Å². The van der Waals surface area contributed by atoms with Crippen LogP contribution in [0.5, 0.6) is 0 Å². The Morgan fingerprint density at radius 1 is 0.867 bits per heavy atom. The Labute approximate surface area is 214 Å². The first-order valence-electron chi connectivity index (χ1n) is 10.1. The molecule has 0 spiro atoms. The molecule has 4 rings (SSSR count). The van der Waals surface area contributed by atoms with Crippen LogP contribution in [0, 0.1) is 6.07 Å². The summed E-state index contributed by atoms with van der Waals surface area (Å²) in [4.78, 5) is 0. The quantitative estimate of drug-likeness (QED) is 0.124. The minimum Gasteiger partial charge on any atom is -0.214 e. The van der Waals surface area contributed by atoms with E-state index in [0.29, 0.717) is 0 Å². The first kappa shape index (κ1) is 27.5. The predicted octanol–water partition coefficient (Wildman–Crippen LogP) is 7.52. The molecular weight excluding hydrogens is 503 g/mol. The van der Waals surface area contributed by atoms with E-state index in [1.807, 2.05) is 30.3 Å². The average molecular weight is 535 g/mol. The number of fused-ring (bicyclic) bond motifs is 3. The number of halogens is 2. The number of hydrogen-bond acceptors (Lipinski definition) is 0. The van der Waals surface area contributed by atoms with Crippen LogP contribution in [0.4, 0.5) is 0 Å². The van der Waals surface area contributed by atoms with Crippen LogP contribution in [0.15, 0.2) is 60.7 Å². The summed E-state index contributed by atoms with van der Waals surface area (Å²) in [7, 11) is -0.639. The molecule has 0 fully saturated rings. The fourth-order valence-corrected chi connectivity index (χ4v) is 3.31. The van der Waals surface area contributed by atoms with Crippen molar-refractivity contribution >= 4 is 30.3 Å². The van der Waals surface area contributed by atoms with E-state index in [9.17, 15) is 0 Å². The van der Waals surface area contributed by atoms with Crippen LogP contribution in [0.3, 0.4) is 0 Å². The van der Waals surface area contributed by atoms with E-state index in [-0.39, 0.29) is 37.0 Å². The molecule has 0 bridgehead atoms. The van der Waals surface area contributed by atoms with Crippen molar-refractivity contribution in [1.82, 2.24) is 0 Å². The van der Waals surface area contributed by atoms with Crippen LogP contribution in [0.25, 0.3) is 11.1 Å². The van der Waals surface area contributed by atoms with Gasteiger partial charge in [-0.05, 0) is 17.4 Å². The van der Waals surface area contributed by atoms with E-state index in [1.165, 1.54) is 33.4 Å². The molecule has 3 aromatic carbocycles. The standard InChI is InChI=1S/C21H25.C5H5.Cl2H2Si.Zr/c1-20(2,3)16-9-7-14-11-15-8-10-17(21(4,5)6)13-19(15)18(14)12-16;1-2-4-5-3-1;1-3-2;/h7,9-10,12-13H,11H2,1-6H3;1-5H;3H2;/q2*-1;;+2. The fraction of sp³-hybridized carbons (Fsp3) is 0.346. The fourth-order valence-electron chi connectivity index (χ4n) is 3.31. The first-order chi connectivity index (χ1) is 13.6. The molecule has 0 amide bonds. The van der Waals surface area contributed by atoms with Gasteiger partial charge in [0.05, 0.1) is 0 Å². The SMILES string of the molecule is CC(C)(C)c1c[c-]c2c(c1)-c1cc(C(C)(C)C)ccc1C2.Cl[SiH2]Cl.[Zr+2].c1cc[cH-]c1. The van der Waals surface area contributed by atoms with Crippen molar-refractivity contribution in [3.05, 3.63) is 89.0 Å². The van der Waals surface area contributed by atoms with E-state index < -0.39 is 8.14 Å². The molecule has 1 aliphatic rings. The molecule has 0 saturated carbocycles. The van der Waals surface area contributed by atoms with Crippen molar-refractivity contribution in [2.75, 3.05) is 0 Å². The molecule has 30 heavy (non-hydrogen) atoms. The smallest absolute Gasteiger partial charge is 0.214 e. The van der Waals surface area contributed by atoms with Gasteiger partial charge in [-0.3, -0.25) is 0 Å². The van der Waals surface area contributed by atoms with Crippen LogP contribution in [0.1, 0.15) is 63.8 Å². The number of hydrogen-bond donors (Lipinski definition) is 0. The molecule has 3 aromatic rings. The van der Waals surface area contributed by atoms with E-state index in [2.05, 4.69) is 77.9 Å². The van der Waals surface area contributed by atoms with Crippen molar-refractivity contribution in [2.45, 2.75) is 58.8 Å². The van der Waals surface area contributed by atoms with Crippen LogP contribution in [-0.2, 0) is 43.5 Å². The summed E-state index contributed by atoms with van der Waals surface area (Å²) in [6, 6.07) is 25.1. The second-order valence-electron chi connectivity index (χ2n) is 9.39. The molecule has 0 nitrogen and oxygen atoms in total. The Morgan fingerprint density at radius 2 is 1.40 bits per heavy atom. The molecule has 0 saturated heterocycles. The zero-order chi connectivity index (χ0) is 21.7. The summed E-state index contributed by atoms with van der Waals surface area (Å²) < 4.78 is 0. The predicted molar refractivity (Wildman–Crippen MR) is 133 cm³/mol. The van der Waals surface area contributed by atoms with Gasteiger partial charge in [-0.15, -0.1) is 5.56 Å². The molecule has 0 unspecified atom stereocenters. The summed E-state index contributed by atoms with van der Waals surface area (Å²) in [6.07, 6.45) is 1.03. The summed E-state index contributed by atoms with van der Waals surface area (Å²) in [5, 5.41) is 0. The zero-order valence-electron chi connectivity index (χ0n) is 18.9. The molecule has 0 aliphatic heterocycles.